The van der Waals surface area contributed by atoms with E-state index >= 15 is 0 Å². The highest BCUT2D eigenvalue weighted by molar-refractivity contribution is 5.35. The van der Waals surface area contributed by atoms with Gasteiger partial charge in [0.25, 0.3) is 0 Å². The normalized spacial score (nSPS) is 49.4. The Hall–Kier alpha value is -0.640. The number of fused-ring (bicyclic) bond motifs is 5. The van der Waals surface area contributed by atoms with Gasteiger partial charge in [-0.25, -0.2) is 0 Å². The Kier molecular flexibility index (Phi) is 6.06. The van der Waals surface area contributed by atoms with Gasteiger partial charge in [-0.05, 0) is 91.4 Å². The minimum Gasteiger partial charge on any atom is -0.390 e. The maximum atomic E-state index is 12.2. The van der Waals surface area contributed by atoms with Crippen molar-refractivity contribution in [3.05, 3.63) is 23.8 Å². The maximum absolute atomic E-state index is 12.2. The first-order valence-corrected chi connectivity index (χ1v) is 12.9. The van der Waals surface area contributed by atoms with E-state index in [1.165, 1.54) is 18.4 Å². The van der Waals surface area contributed by atoms with Crippen molar-refractivity contribution in [2.45, 2.75) is 104 Å². The van der Waals surface area contributed by atoms with Gasteiger partial charge in [0.05, 0.1) is 17.8 Å². The predicted octanol–water partition coefficient (Wildman–Crippen LogP) is 5.50. The fourth-order valence-corrected chi connectivity index (χ4v) is 8.09. The Morgan fingerprint density at radius 2 is 1.71 bits per heavy atom. The van der Waals surface area contributed by atoms with Gasteiger partial charge >= 0.3 is 0 Å². The van der Waals surface area contributed by atoms with Crippen LogP contribution in [-0.2, 0) is 0 Å². The molecule has 0 amide bonds. The second-order valence-electron chi connectivity index (χ2n) is 12.5. The van der Waals surface area contributed by atoms with Gasteiger partial charge in [-0.3, -0.25) is 0 Å². The summed E-state index contributed by atoms with van der Waals surface area (Å²) in [4.78, 5) is 0. The number of rotatable bonds is 4. The summed E-state index contributed by atoms with van der Waals surface area (Å²) in [5, 5.41) is 33.0. The molecule has 31 heavy (non-hydrogen) atoms. The topological polar surface area (TPSA) is 60.7 Å². The second kappa shape index (κ2) is 7.99. The number of aliphatic hydroxyl groups is 3. The van der Waals surface area contributed by atoms with Crippen LogP contribution in [0.3, 0.4) is 0 Å². The summed E-state index contributed by atoms with van der Waals surface area (Å²) in [6.07, 6.45) is 12.1. The standard InChI is InChI=1S/C28H46O3/c1-17(2)18(3)7-8-19(4)21-11-12-22-23-10-9-20-15-24(29)25(30)16-27(20,6)28(23,31)14-13-26(21,22)5/h7-8,10,17-22,24-25,29-31H,9,11-16H2,1-6H3/b8-7+/t18-,19+,20?,21+,22-,24?,25?,26+,27-,28+/m0/s1. The molecule has 176 valence electrons. The van der Waals surface area contributed by atoms with Crippen molar-refractivity contribution < 1.29 is 15.3 Å². The first-order chi connectivity index (χ1) is 14.4. The molecular weight excluding hydrogens is 384 g/mol. The van der Waals surface area contributed by atoms with E-state index < -0.39 is 17.8 Å². The molecule has 4 aliphatic rings. The van der Waals surface area contributed by atoms with Crippen LogP contribution in [0.5, 0.6) is 0 Å². The van der Waals surface area contributed by atoms with Crippen LogP contribution in [0.2, 0.25) is 0 Å². The number of allylic oxidation sites excluding steroid dienone is 3. The van der Waals surface area contributed by atoms with Crippen molar-refractivity contribution in [1.29, 1.82) is 0 Å². The van der Waals surface area contributed by atoms with Gasteiger partial charge in [0, 0.05) is 5.41 Å². The zero-order chi connectivity index (χ0) is 22.8. The first-order valence-electron chi connectivity index (χ1n) is 12.9. The molecule has 0 aromatic rings. The molecule has 3 N–H and O–H groups in total. The largest absolute Gasteiger partial charge is 0.390 e. The van der Waals surface area contributed by atoms with Crippen LogP contribution < -0.4 is 0 Å². The van der Waals surface area contributed by atoms with Gasteiger partial charge in [-0.15, -0.1) is 0 Å². The molecule has 3 saturated carbocycles. The van der Waals surface area contributed by atoms with Gasteiger partial charge in [0.15, 0.2) is 0 Å². The molecule has 0 radical (unpaired) electrons. The van der Waals surface area contributed by atoms with E-state index in [1.54, 1.807) is 0 Å². The fraction of sp³-hybridized carbons (Fsp3) is 0.857. The van der Waals surface area contributed by atoms with E-state index in [0.717, 1.165) is 19.3 Å². The lowest BCUT2D eigenvalue weighted by Gasteiger charge is -2.62. The summed E-state index contributed by atoms with van der Waals surface area (Å²) in [6.45, 7) is 14.0. The highest BCUT2D eigenvalue weighted by atomic mass is 16.3. The summed E-state index contributed by atoms with van der Waals surface area (Å²) < 4.78 is 0. The minimum atomic E-state index is -0.832. The monoisotopic (exact) mass is 430 g/mol. The third-order valence-corrected chi connectivity index (χ3v) is 10.8. The second-order valence-corrected chi connectivity index (χ2v) is 12.5. The average Bonchev–Trinajstić information content (AvgIpc) is 3.05. The summed E-state index contributed by atoms with van der Waals surface area (Å²) in [7, 11) is 0. The average molecular weight is 431 g/mol. The Labute approximate surface area is 190 Å². The summed E-state index contributed by atoms with van der Waals surface area (Å²) in [5.41, 5.74) is 0.339. The molecule has 4 aliphatic carbocycles. The van der Waals surface area contributed by atoms with E-state index in [0.29, 0.717) is 42.4 Å². The van der Waals surface area contributed by atoms with Gasteiger partial charge in [-0.1, -0.05) is 59.8 Å². The molecule has 0 aromatic carbocycles. The SMILES string of the molecule is CC(C)[C@@H](C)/C=C/[C@@H](C)[C@H]1CC[C@H]2C3=CCC4CC(O)C(O)C[C@]4(C)[C@@]3(O)CC[C@]12C. The molecule has 4 rings (SSSR count). The quantitative estimate of drug-likeness (QED) is 0.516. The fourth-order valence-electron chi connectivity index (χ4n) is 8.09. The Balaban J connectivity index is 1.60. The number of hydrogen-bond acceptors (Lipinski definition) is 3. The third-order valence-electron chi connectivity index (χ3n) is 10.8. The van der Waals surface area contributed by atoms with E-state index in [9.17, 15) is 15.3 Å². The molecule has 10 atom stereocenters. The van der Waals surface area contributed by atoms with Crippen LogP contribution >= 0.6 is 0 Å². The lowest BCUT2D eigenvalue weighted by Crippen LogP contribution is -2.63. The summed E-state index contributed by atoms with van der Waals surface area (Å²) in [6, 6.07) is 0. The van der Waals surface area contributed by atoms with Crippen LogP contribution in [0, 0.1) is 46.3 Å². The Bertz CT molecular complexity index is 741. The molecular formula is C28H46O3. The van der Waals surface area contributed by atoms with E-state index in [4.69, 9.17) is 0 Å². The van der Waals surface area contributed by atoms with Gasteiger partial charge in [0.1, 0.15) is 0 Å². The first kappa shape index (κ1) is 23.5. The molecule has 3 nitrogen and oxygen atoms in total. The molecule has 0 aromatic heterocycles. The molecule has 3 fully saturated rings. The van der Waals surface area contributed by atoms with Crippen molar-refractivity contribution in [1.82, 2.24) is 0 Å². The van der Waals surface area contributed by atoms with Crippen molar-refractivity contribution in [2.75, 3.05) is 0 Å². The highest BCUT2D eigenvalue weighted by Crippen LogP contribution is 2.68. The molecule has 0 bridgehead atoms. The van der Waals surface area contributed by atoms with Crippen LogP contribution in [0.1, 0.15) is 86.5 Å². The van der Waals surface area contributed by atoms with Crippen molar-refractivity contribution in [3.8, 4) is 0 Å². The predicted molar refractivity (Wildman–Crippen MR) is 126 cm³/mol. The molecule has 3 heteroatoms. The van der Waals surface area contributed by atoms with Crippen LogP contribution in [0.25, 0.3) is 0 Å². The lowest BCUT2D eigenvalue weighted by molar-refractivity contribution is -0.180. The Morgan fingerprint density at radius 1 is 1.00 bits per heavy atom. The zero-order valence-corrected chi connectivity index (χ0v) is 20.6. The highest BCUT2D eigenvalue weighted by Gasteiger charge is 2.65. The molecule has 0 aliphatic heterocycles. The van der Waals surface area contributed by atoms with Crippen LogP contribution in [-0.4, -0.2) is 33.1 Å². The summed E-state index contributed by atoms with van der Waals surface area (Å²) >= 11 is 0. The van der Waals surface area contributed by atoms with E-state index in [2.05, 4.69) is 59.8 Å². The summed E-state index contributed by atoms with van der Waals surface area (Å²) in [5.74, 6) is 3.18. The van der Waals surface area contributed by atoms with Crippen molar-refractivity contribution in [3.63, 3.8) is 0 Å². The minimum absolute atomic E-state index is 0.235. The lowest BCUT2D eigenvalue weighted by atomic mass is 9.45. The number of hydrogen-bond donors (Lipinski definition) is 3. The smallest absolute Gasteiger partial charge is 0.0916 e. The molecule has 0 heterocycles. The van der Waals surface area contributed by atoms with Crippen LogP contribution in [0.15, 0.2) is 23.8 Å². The van der Waals surface area contributed by atoms with Crippen molar-refractivity contribution in [2.24, 2.45) is 46.3 Å². The zero-order valence-electron chi connectivity index (χ0n) is 20.6. The van der Waals surface area contributed by atoms with E-state index in [1.807, 2.05) is 0 Å². The molecule has 0 saturated heterocycles. The van der Waals surface area contributed by atoms with Gasteiger partial charge in [0.2, 0.25) is 0 Å². The van der Waals surface area contributed by atoms with Crippen molar-refractivity contribution >= 4 is 0 Å². The van der Waals surface area contributed by atoms with Gasteiger partial charge in [-0.2, -0.15) is 0 Å². The molecule has 0 spiro atoms. The van der Waals surface area contributed by atoms with Gasteiger partial charge < -0.3 is 15.3 Å². The van der Waals surface area contributed by atoms with Crippen LogP contribution in [0.4, 0.5) is 0 Å². The molecule has 3 unspecified atom stereocenters. The van der Waals surface area contributed by atoms with E-state index in [-0.39, 0.29) is 16.7 Å². The third kappa shape index (κ3) is 3.49. The number of aliphatic hydroxyl groups excluding tert-OH is 2. The maximum Gasteiger partial charge on any atom is 0.0916 e. The Morgan fingerprint density at radius 3 is 2.39 bits per heavy atom.